The number of rotatable bonds is 14. The Morgan fingerprint density at radius 3 is 2.18 bits per heavy atom. The van der Waals surface area contributed by atoms with Crippen molar-refractivity contribution in [1.82, 2.24) is 9.97 Å². The van der Waals surface area contributed by atoms with E-state index in [0.717, 1.165) is 33.4 Å². The molecule has 0 aliphatic carbocycles. The molecule has 2 N–H and O–H groups in total. The average molecular weight is 693 g/mol. The number of halogens is 1. The Hall–Kier alpha value is -6.12. The van der Waals surface area contributed by atoms with E-state index in [1.165, 1.54) is 19.4 Å². The van der Waals surface area contributed by atoms with Gasteiger partial charge in [-0.05, 0) is 65.4 Å². The molecule has 0 radical (unpaired) electrons. The summed E-state index contributed by atoms with van der Waals surface area (Å²) in [7, 11) is 1.47. The summed E-state index contributed by atoms with van der Waals surface area (Å²) in [6.07, 6.45) is 2.83. The molecule has 0 bridgehead atoms. The fourth-order valence-corrected chi connectivity index (χ4v) is 5.43. The fourth-order valence-electron chi connectivity index (χ4n) is 5.21. The van der Waals surface area contributed by atoms with Gasteiger partial charge in [0.1, 0.15) is 44.0 Å². The molecule has 0 saturated carbocycles. The second-order valence-electron chi connectivity index (χ2n) is 11.1. The van der Waals surface area contributed by atoms with Gasteiger partial charge in [0.25, 0.3) is 0 Å². The minimum absolute atomic E-state index is 0.0657. The highest BCUT2D eigenvalue weighted by Gasteiger charge is 2.16. The van der Waals surface area contributed by atoms with Gasteiger partial charge in [0.05, 0.1) is 28.8 Å². The number of aldehydes is 1. The molecule has 50 heavy (non-hydrogen) atoms. The number of primary amides is 1. The minimum atomic E-state index is -0.888. The first-order chi connectivity index (χ1) is 24.2. The fraction of sp³-hybridized carbons (Fsp3) is 0.184. The number of amides is 1. The Kier molecular flexibility index (Phi) is 11.5. The molecule has 0 atom stereocenters. The van der Waals surface area contributed by atoms with E-state index in [4.69, 9.17) is 46.3 Å². The van der Waals surface area contributed by atoms with Crippen LogP contribution in [0, 0.1) is 25.2 Å². The Balaban J connectivity index is 1.30. The van der Waals surface area contributed by atoms with Crippen LogP contribution in [0.1, 0.15) is 49.3 Å². The van der Waals surface area contributed by atoms with Gasteiger partial charge in [-0.3, -0.25) is 9.78 Å². The van der Waals surface area contributed by atoms with Crippen molar-refractivity contribution in [2.75, 3.05) is 7.11 Å². The number of nitrogens with zero attached hydrogens (tertiary/aromatic N) is 3. The van der Waals surface area contributed by atoms with E-state index in [1.807, 2.05) is 44.2 Å². The van der Waals surface area contributed by atoms with Crippen LogP contribution < -0.4 is 24.7 Å². The first-order valence-corrected chi connectivity index (χ1v) is 15.7. The molecular formula is C38H33ClN4O7. The van der Waals surface area contributed by atoms with Gasteiger partial charge < -0.3 is 29.4 Å². The molecule has 254 valence electrons. The van der Waals surface area contributed by atoms with E-state index >= 15 is 0 Å². The molecule has 0 aliphatic heterocycles. The summed E-state index contributed by atoms with van der Waals surface area (Å²) < 4.78 is 28.3. The largest absolute Gasteiger partial charge is 0.488 e. The summed E-state index contributed by atoms with van der Waals surface area (Å²) in [6.45, 7) is 4.57. The topological polar surface area (TPSA) is 156 Å². The quantitative estimate of drug-likeness (QED) is 0.116. The number of hydrogen-bond donors (Lipinski definition) is 1. The van der Waals surface area contributed by atoms with E-state index in [-0.39, 0.29) is 42.9 Å². The van der Waals surface area contributed by atoms with E-state index in [1.54, 1.807) is 30.5 Å². The zero-order chi connectivity index (χ0) is 35.6. The van der Waals surface area contributed by atoms with Crippen molar-refractivity contribution in [3.63, 3.8) is 0 Å². The lowest BCUT2D eigenvalue weighted by Gasteiger charge is -2.17. The van der Waals surface area contributed by atoms with Gasteiger partial charge in [0.2, 0.25) is 11.8 Å². The van der Waals surface area contributed by atoms with Crippen LogP contribution in [0.3, 0.4) is 0 Å². The third-order valence-corrected chi connectivity index (χ3v) is 8.22. The molecule has 2 heterocycles. The van der Waals surface area contributed by atoms with Crippen molar-refractivity contribution in [2.45, 2.75) is 40.3 Å². The van der Waals surface area contributed by atoms with Crippen LogP contribution in [0.4, 0.5) is 4.79 Å². The maximum absolute atomic E-state index is 11.8. The van der Waals surface area contributed by atoms with Crippen LogP contribution in [0.15, 0.2) is 79.1 Å². The van der Waals surface area contributed by atoms with Crippen LogP contribution in [0.25, 0.3) is 11.1 Å². The van der Waals surface area contributed by atoms with Crippen molar-refractivity contribution in [3.05, 3.63) is 129 Å². The summed E-state index contributed by atoms with van der Waals surface area (Å²) in [6, 6.07) is 22.2. The number of carbonyl (C=O) groups is 2. The summed E-state index contributed by atoms with van der Waals surface area (Å²) in [5.41, 5.74) is 13.0. The van der Waals surface area contributed by atoms with Crippen LogP contribution in [-0.4, -0.2) is 29.5 Å². The first-order valence-electron chi connectivity index (χ1n) is 15.3. The van der Waals surface area contributed by atoms with Crippen molar-refractivity contribution >= 4 is 24.0 Å². The van der Waals surface area contributed by atoms with Gasteiger partial charge in [-0.1, -0.05) is 48.0 Å². The number of ether oxygens (including phenoxy) is 5. The van der Waals surface area contributed by atoms with Crippen molar-refractivity contribution in [1.29, 1.82) is 5.26 Å². The Bertz CT molecular complexity index is 2080. The van der Waals surface area contributed by atoms with E-state index < -0.39 is 6.09 Å². The van der Waals surface area contributed by atoms with E-state index in [0.29, 0.717) is 40.4 Å². The molecule has 0 fully saturated rings. The zero-order valence-corrected chi connectivity index (χ0v) is 28.3. The van der Waals surface area contributed by atoms with Crippen LogP contribution in [0.5, 0.6) is 23.3 Å². The molecule has 3 aromatic carbocycles. The lowest BCUT2D eigenvalue weighted by molar-refractivity contribution is 0.111. The number of carbonyl (C=O) groups excluding carboxylic acids is 2. The van der Waals surface area contributed by atoms with E-state index in [2.05, 4.69) is 22.1 Å². The number of nitriles is 1. The Morgan fingerprint density at radius 1 is 0.860 bits per heavy atom. The van der Waals surface area contributed by atoms with Crippen LogP contribution in [-0.2, 0) is 31.2 Å². The van der Waals surface area contributed by atoms with Gasteiger partial charge in [-0.15, -0.1) is 0 Å². The molecule has 5 rings (SSSR count). The van der Waals surface area contributed by atoms with Gasteiger partial charge in [-0.2, -0.15) is 10.2 Å². The monoisotopic (exact) mass is 692 g/mol. The van der Waals surface area contributed by atoms with Gasteiger partial charge in [-0.25, -0.2) is 4.79 Å². The molecule has 2 aromatic heterocycles. The molecule has 5 aromatic rings. The summed E-state index contributed by atoms with van der Waals surface area (Å²) in [5, 5.41) is 9.42. The lowest BCUT2D eigenvalue weighted by atomic mass is 9.92. The highest BCUT2D eigenvalue weighted by Crippen LogP contribution is 2.35. The lowest BCUT2D eigenvalue weighted by Crippen LogP contribution is -2.13. The normalized spacial score (nSPS) is 10.5. The first kappa shape index (κ1) is 35.2. The maximum Gasteiger partial charge on any atom is 0.404 e. The smallest absolute Gasteiger partial charge is 0.404 e. The molecule has 12 heteroatoms. The molecular weight excluding hydrogens is 660 g/mol. The maximum atomic E-state index is 11.8. The average Bonchev–Trinajstić information content (AvgIpc) is 3.13. The Morgan fingerprint density at radius 2 is 1.54 bits per heavy atom. The molecule has 1 amide bonds. The van der Waals surface area contributed by atoms with Gasteiger partial charge in [0, 0.05) is 30.1 Å². The van der Waals surface area contributed by atoms with Gasteiger partial charge in [0.15, 0.2) is 6.29 Å². The number of aromatic nitrogens is 2. The third kappa shape index (κ3) is 8.47. The molecule has 0 aliphatic rings. The second kappa shape index (κ2) is 16.3. The number of nitrogens with two attached hydrogens (primary N) is 1. The number of pyridine rings is 2. The predicted molar refractivity (Wildman–Crippen MR) is 185 cm³/mol. The summed E-state index contributed by atoms with van der Waals surface area (Å²) >= 11 is 6.50. The molecule has 0 spiro atoms. The molecule has 0 unspecified atom stereocenters. The standard InChI is InChI=1S/C38H33ClN4O7/c1-23-27(20-48-35-14-34(30(18-44)13-33(35)39)47-19-26-12-25(15-40)16-42-17-26)6-4-8-31(23)32-9-5-7-28(24(32)2)21-49-36-11-10-29(22-50-38(41)45)37(43-36)46-3/h4-14,16-18H,19-22H2,1-3H3,(H2,41,45). The highest BCUT2D eigenvalue weighted by molar-refractivity contribution is 6.32. The highest BCUT2D eigenvalue weighted by atomic mass is 35.5. The van der Waals surface area contributed by atoms with E-state index in [9.17, 15) is 9.59 Å². The predicted octanol–water partition coefficient (Wildman–Crippen LogP) is 7.44. The molecule has 11 nitrogen and oxygen atoms in total. The number of benzene rings is 3. The minimum Gasteiger partial charge on any atom is -0.488 e. The molecule has 0 saturated heterocycles. The van der Waals surface area contributed by atoms with Crippen molar-refractivity contribution in [2.24, 2.45) is 5.73 Å². The van der Waals surface area contributed by atoms with Gasteiger partial charge >= 0.3 is 6.09 Å². The van der Waals surface area contributed by atoms with Crippen molar-refractivity contribution in [3.8, 4) is 40.5 Å². The third-order valence-electron chi connectivity index (χ3n) is 7.93. The Labute approximate surface area is 294 Å². The summed E-state index contributed by atoms with van der Waals surface area (Å²) in [5.74, 6) is 1.27. The number of methoxy groups -OCH3 is 1. The van der Waals surface area contributed by atoms with Crippen molar-refractivity contribution < 1.29 is 33.3 Å². The number of hydrogen-bond acceptors (Lipinski definition) is 10. The van der Waals surface area contributed by atoms with Crippen LogP contribution >= 0.6 is 11.6 Å². The summed E-state index contributed by atoms with van der Waals surface area (Å²) in [4.78, 5) is 31.2. The second-order valence-corrected chi connectivity index (χ2v) is 11.5. The zero-order valence-electron chi connectivity index (χ0n) is 27.6. The SMILES string of the molecule is COc1nc(OCc2cccc(-c3cccc(COc4cc(OCc5cncc(C#N)c5)c(C=O)cc4Cl)c3C)c2C)ccc1COC(N)=O. The van der Waals surface area contributed by atoms with Crippen LogP contribution in [0.2, 0.25) is 5.02 Å².